The molecular formula is C20H21ClF2N2O3. The van der Waals surface area contributed by atoms with Gasteiger partial charge in [-0.15, -0.1) is 0 Å². The van der Waals surface area contributed by atoms with Crippen LogP contribution in [-0.2, 0) is 4.74 Å². The number of benzene rings is 2. The van der Waals surface area contributed by atoms with E-state index in [9.17, 15) is 13.6 Å². The van der Waals surface area contributed by atoms with E-state index < -0.39 is 6.61 Å². The lowest BCUT2D eigenvalue weighted by Gasteiger charge is -2.35. The minimum absolute atomic E-state index is 0.00816. The summed E-state index contributed by atoms with van der Waals surface area (Å²) in [5, 5.41) is 3.55. The Morgan fingerprint density at radius 1 is 1.14 bits per heavy atom. The molecule has 0 aromatic heterocycles. The largest absolute Gasteiger partial charge is 0.435 e. The minimum atomic E-state index is -2.90. The average Bonchev–Trinajstić information content (AvgIpc) is 2.70. The second-order valence-corrected chi connectivity index (χ2v) is 6.71. The van der Waals surface area contributed by atoms with Crippen molar-refractivity contribution in [3.63, 3.8) is 0 Å². The van der Waals surface area contributed by atoms with Gasteiger partial charge in [-0.2, -0.15) is 8.78 Å². The Morgan fingerprint density at radius 2 is 1.82 bits per heavy atom. The van der Waals surface area contributed by atoms with Gasteiger partial charge in [0.05, 0.1) is 19.3 Å². The van der Waals surface area contributed by atoms with Crippen LogP contribution in [0.3, 0.4) is 0 Å². The Morgan fingerprint density at radius 3 is 2.46 bits per heavy atom. The highest BCUT2D eigenvalue weighted by Gasteiger charge is 2.25. The summed E-state index contributed by atoms with van der Waals surface area (Å²) in [6.07, 6.45) is 0. The predicted molar refractivity (Wildman–Crippen MR) is 102 cm³/mol. The number of carbonyl (C=O) groups is 1. The number of hydrogen-bond acceptors (Lipinski definition) is 4. The second-order valence-electron chi connectivity index (χ2n) is 6.30. The summed E-state index contributed by atoms with van der Waals surface area (Å²) in [6.45, 7) is 0.194. The van der Waals surface area contributed by atoms with E-state index in [1.165, 1.54) is 24.3 Å². The third kappa shape index (κ3) is 5.41. The number of nitrogens with one attached hydrogen (secondary N) is 1. The zero-order valence-corrected chi connectivity index (χ0v) is 15.9. The molecule has 0 spiro atoms. The van der Waals surface area contributed by atoms with E-state index in [-0.39, 0.29) is 17.7 Å². The van der Waals surface area contributed by atoms with Crippen LogP contribution in [0.5, 0.6) is 5.75 Å². The maximum atomic E-state index is 12.5. The SMILES string of the molecule is O=C(NCC(c1ccccc1Cl)N1CCOCC1)c1ccc(OC(F)F)cc1. The lowest BCUT2D eigenvalue weighted by atomic mass is 10.0. The third-order valence-corrected chi connectivity index (χ3v) is 4.89. The summed E-state index contributed by atoms with van der Waals surface area (Å²) >= 11 is 6.38. The molecule has 0 saturated carbocycles. The van der Waals surface area contributed by atoms with Crippen molar-refractivity contribution < 1.29 is 23.0 Å². The number of hydrogen-bond donors (Lipinski definition) is 1. The average molecular weight is 411 g/mol. The van der Waals surface area contributed by atoms with Gasteiger partial charge in [0.15, 0.2) is 0 Å². The van der Waals surface area contributed by atoms with Gasteiger partial charge in [-0.25, -0.2) is 0 Å². The lowest BCUT2D eigenvalue weighted by Crippen LogP contribution is -2.44. The van der Waals surface area contributed by atoms with Crippen molar-refractivity contribution in [2.45, 2.75) is 12.7 Å². The monoisotopic (exact) mass is 410 g/mol. The molecule has 28 heavy (non-hydrogen) atoms. The highest BCUT2D eigenvalue weighted by atomic mass is 35.5. The first-order chi connectivity index (χ1) is 13.5. The molecule has 1 aliphatic heterocycles. The van der Waals surface area contributed by atoms with Crippen LogP contribution in [0.4, 0.5) is 8.78 Å². The molecule has 1 amide bonds. The normalized spacial score (nSPS) is 16.0. The second kappa shape index (κ2) is 9.82. The summed E-state index contributed by atoms with van der Waals surface area (Å²) in [4.78, 5) is 14.7. The molecule has 1 fully saturated rings. The van der Waals surface area contributed by atoms with Crippen LogP contribution < -0.4 is 10.1 Å². The van der Waals surface area contributed by atoms with Gasteiger partial charge in [-0.05, 0) is 35.9 Å². The predicted octanol–water partition coefficient (Wildman–Crippen LogP) is 3.74. The van der Waals surface area contributed by atoms with Crippen LogP contribution >= 0.6 is 11.6 Å². The van der Waals surface area contributed by atoms with Crippen LogP contribution in [0.25, 0.3) is 0 Å². The van der Waals surface area contributed by atoms with Crippen LogP contribution in [0, 0.1) is 0 Å². The van der Waals surface area contributed by atoms with Gasteiger partial charge in [0, 0.05) is 30.2 Å². The number of amides is 1. The van der Waals surface area contributed by atoms with Gasteiger partial charge in [0.2, 0.25) is 0 Å². The molecule has 2 aromatic carbocycles. The zero-order chi connectivity index (χ0) is 19.9. The quantitative estimate of drug-likeness (QED) is 0.755. The van der Waals surface area contributed by atoms with Gasteiger partial charge in [0.25, 0.3) is 5.91 Å². The molecule has 1 aliphatic rings. The van der Waals surface area contributed by atoms with Crippen LogP contribution in [0.15, 0.2) is 48.5 Å². The highest BCUT2D eigenvalue weighted by Crippen LogP contribution is 2.28. The Bertz CT molecular complexity index is 783. The van der Waals surface area contributed by atoms with Crippen LogP contribution in [0.2, 0.25) is 5.02 Å². The maximum absolute atomic E-state index is 12.5. The number of nitrogens with zero attached hydrogens (tertiary/aromatic N) is 1. The Balaban J connectivity index is 1.69. The molecule has 1 unspecified atom stereocenters. The number of halogens is 3. The van der Waals surface area contributed by atoms with Crippen molar-refractivity contribution in [1.29, 1.82) is 0 Å². The van der Waals surface area contributed by atoms with Gasteiger partial charge in [-0.1, -0.05) is 29.8 Å². The molecule has 2 aromatic rings. The Kier molecular flexibility index (Phi) is 7.19. The van der Waals surface area contributed by atoms with Crippen molar-refractivity contribution >= 4 is 17.5 Å². The van der Waals surface area contributed by atoms with E-state index in [2.05, 4.69) is 15.0 Å². The fourth-order valence-corrected chi connectivity index (χ4v) is 3.41. The number of carbonyl (C=O) groups excluding carboxylic acids is 1. The first-order valence-electron chi connectivity index (χ1n) is 8.94. The molecule has 1 atom stereocenters. The summed E-state index contributed by atoms with van der Waals surface area (Å²) in [7, 11) is 0. The van der Waals surface area contributed by atoms with E-state index in [1.54, 1.807) is 0 Å². The molecule has 3 rings (SSSR count). The molecule has 1 N–H and O–H groups in total. The van der Waals surface area contributed by atoms with Crippen molar-refractivity contribution in [2.24, 2.45) is 0 Å². The van der Waals surface area contributed by atoms with Crippen molar-refractivity contribution in [2.75, 3.05) is 32.8 Å². The maximum Gasteiger partial charge on any atom is 0.387 e. The fraction of sp³-hybridized carbons (Fsp3) is 0.350. The van der Waals surface area contributed by atoms with E-state index >= 15 is 0 Å². The van der Waals surface area contributed by atoms with Crippen molar-refractivity contribution in [1.82, 2.24) is 10.2 Å². The number of rotatable bonds is 7. The zero-order valence-electron chi connectivity index (χ0n) is 15.1. The van der Waals surface area contributed by atoms with E-state index in [4.69, 9.17) is 16.3 Å². The molecule has 5 nitrogen and oxygen atoms in total. The molecule has 8 heteroatoms. The summed E-state index contributed by atoms with van der Waals surface area (Å²) in [5.41, 5.74) is 1.30. The fourth-order valence-electron chi connectivity index (χ4n) is 3.15. The number of alkyl halides is 2. The first kappa shape index (κ1) is 20.5. The summed E-state index contributed by atoms with van der Waals surface area (Å²) in [5.74, 6) is -0.289. The molecule has 0 radical (unpaired) electrons. The minimum Gasteiger partial charge on any atom is -0.435 e. The van der Waals surface area contributed by atoms with Crippen molar-refractivity contribution in [3.05, 3.63) is 64.7 Å². The smallest absolute Gasteiger partial charge is 0.387 e. The lowest BCUT2D eigenvalue weighted by molar-refractivity contribution is -0.0498. The molecular weight excluding hydrogens is 390 g/mol. The molecule has 0 bridgehead atoms. The molecule has 0 aliphatic carbocycles. The van der Waals surface area contributed by atoms with Gasteiger partial charge in [-0.3, -0.25) is 9.69 Å². The third-order valence-electron chi connectivity index (χ3n) is 4.55. The van der Waals surface area contributed by atoms with Crippen molar-refractivity contribution in [3.8, 4) is 5.75 Å². The summed E-state index contributed by atoms with van der Waals surface area (Å²) < 4.78 is 34.2. The Hall–Kier alpha value is -2.22. The van der Waals surface area contributed by atoms with Crippen LogP contribution in [0.1, 0.15) is 22.0 Å². The van der Waals surface area contributed by atoms with Gasteiger partial charge in [0.1, 0.15) is 5.75 Å². The topological polar surface area (TPSA) is 50.8 Å². The van der Waals surface area contributed by atoms with E-state index in [1.807, 2.05) is 24.3 Å². The number of morpholine rings is 1. The highest BCUT2D eigenvalue weighted by molar-refractivity contribution is 6.31. The van der Waals surface area contributed by atoms with Gasteiger partial charge >= 0.3 is 6.61 Å². The molecule has 150 valence electrons. The molecule has 1 heterocycles. The standard InChI is InChI=1S/C20H21ClF2N2O3/c21-17-4-2-1-3-16(17)18(25-9-11-27-12-10-25)13-24-19(26)14-5-7-15(8-6-14)28-20(22)23/h1-8,18,20H,9-13H2,(H,24,26). The van der Waals surface area contributed by atoms with E-state index in [0.717, 1.165) is 18.7 Å². The summed E-state index contributed by atoms with van der Waals surface area (Å²) in [6, 6.07) is 13.0. The van der Waals surface area contributed by atoms with Crippen LogP contribution in [-0.4, -0.2) is 50.3 Å². The van der Waals surface area contributed by atoms with E-state index in [0.29, 0.717) is 30.3 Å². The molecule has 1 saturated heterocycles. The van der Waals surface area contributed by atoms with Gasteiger partial charge < -0.3 is 14.8 Å². The Labute approximate surface area is 167 Å². The first-order valence-corrected chi connectivity index (χ1v) is 9.31. The number of ether oxygens (including phenoxy) is 2.